The van der Waals surface area contributed by atoms with Crippen molar-refractivity contribution in [2.45, 2.75) is 27.7 Å². The van der Waals surface area contributed by atoms with Crippen LogP contribution >= 0.6 is 0 Å². The Morgan fingerprint density at radius 1 is 1.14 bits per heavy atom. The summed E-state index contributed by atoms with van der Waals surface area (Å²) < 4.78 is 4.99. The van der Waals surface area contributed by atoms with E-state index in [1.165, 1.54) is 0 Å². The smallest absolute Gasteiger partial charge is 0.361 e. The predicted octanol–water partition coefficient (Wildman–Crippen LogP) is 2.72. The van der Waals surface area contributed by atoms with Crippen LogP contribution in [0.25, 0.3) is 0 Å². The molecule has 2 aromatic rings. The zero-order chi connectivity index (χ0) is 15.4. The summed E-state index contributed by atoms with van der Waals surface area (Å²) >= 11 is 0. The highest BCUT2D eigenvalue weighted by Crippen LogP contribution is 2.20. The van der Waals surface area contributed by atoms with Gasteiger partial charge in [-0.2, -0.15) is 5.10 Å². The molecule has 2 aromatic heterocycles. The van der Waals surface area contributed by atoms with Gasteiger partial charge in [-0.1, -0.05) is 0 Å². The summed E-state index contributed by atoms with van der Waals surface area (Å²) in [6, 6.07) is 5.63. The van der Waals surface area contributed by atoms with Crippen LogP contribution in [0.3, 0.4) is 0 Å². The number of hydrogen-bond donors (Lipinski definition) is 1. The van der Waals surface area contributed by atoms with E-state index in [-0.39, 0.29) is 12.3 Å². The van der Waals surface area contributed by atoms with Gasteiger partial charge in [-0.15, -0.1) is 5.10 Å². The van der Waals surface area contributed by atoms with Crippen LogP contribution in [-0.4, -0.2) is 27.8 Å². The van der Waals surface area contributed by atoms with Crippen LogP contribution in [0.5, 0.6) is 0 Å². The maximum absolute atomic E-state index is 11.9. The van der Waals surface area contributed by atoms with Crippen LogP contribution in [0.4, 0.5) is 11.5 Å². The zero-order valence-electron chi connectivity index (χ0n) is 12.6. The van der Waals surface area contributed by atoms with Gasteiger partial charge in [0.25, 0.3) is 0 Å². The molecular weight excluding hydrogens is 268 g/mol. The second kappa shape index (κ2) is 6.30. The molecule has 0 fully saturated rings. The number of carbonyl (C=O) groups is 1. The molecule has 0 aliphatic rings. The van der Waals surface area contributed by atoms with Gasteiger partial charge in [-0.05, 0) is 51.5 Å². The second-order valence-corrected chi connectivity index (χ2v) is 4.76. The van der Waals surface area contributed by atoms with Crippen molar-refractivity contribution in [2.75, 3.05) is 11.9 Å². The monoisotopic (exact) mass is 286 g/mol. The molecule has 0 amide bonds. The fourth-order valence-electron chi connectivity index (χ4n) is 1.98. The summed E-state index contributed by atoms with van der Waals surface area (Å²) in [5.41, 5.74) is 3.38. The van der Waals surface area contributed by atoms with Crippen molar-refractivity contribution >= 4 is 17.5 Å². The summed E-state index contributed by atoms with van der Waals surface area (Å²) in [5.74, 6) is 0.155. The summed E-state index contributed by atoms with van der Waals surface area (Å²) in [4.78, 5) is 16.3. The van der Waals surface area contributed by atoms with Crippen molar-refractivity contribution in [3.8, 4) is 0 Å². The van der Waals surface area contributed by atoms with Crippen molar-refractivity contribution in [1.29, 1.82) is 0 Å². The molecule has 0 unspecified atom stereocenters. The number of nitrogens with zero attached hydrogens (tertiary/aromatic N) is 3. The number of pyridine rings is 1. The third-order valence-electron chi connectivity index (χ3n) is 2.75. The minimum Gasteiger partial charge on any atom is -0.461 e. The number of aromatic nitrogens is 3. The lowest BCUT2D eigenvalue weighted by Crippen LogP contribution is -2.12. The van der Waals surface area contributed by atoms with E-state index in [4.69, 9.17) is 4.74 Å². The Morgan fingerprint density at radius 2 is 1.90 bits per heavy atom. The standard InChI is InChI=1S/C15H18N4O2/c1-5-21-15(20)14-12(8-11(4)18-19-14)17-13-7-9(2)6-10(3)16-13/h6-8H,5H2,1-4H3,(H,16,17,18). The van der Waals surface area contributed by atoms with E-state index in [0.29, 0.717) is 17.2 Å². The average molecular weight is 286 g/mol. The number of carbonyl (C=O) groups excluding carboxylic acids is 1. The highest BCUT2D eigenvalue weighted by Gasteiger charge is 2.16. The average Bonchev–Trinajstić information content (AvgIpc) is 2.37. The summed E-state index contributed by atoms with van der Waals surface area (Å²) in [6.07, 6.45) is 0. The van der Waals surface area contributed by atoms with E-state index in [2.05, 4.69) is 20.5 Å². The summed E-state index contributed by atoms with van der Waals surface area (Å²) in [7, 11) is 0. The molecule has 0 saturated carbocycles. The second-order valence-electron chi connectivity index (χ2n) is 4.76. The Morgan fingerprint density at radius 3 is 2.57 bits per heavy atom. The van der Waals surface area contributed by atoms with Crippen LogP contribution in [-0.2, 0) is 4.74 Å². The van der Waals surface area contributed by atoms with Gasteiger partial charge in [0.15, 0.2) is 5.69 Å². The minimum absolute atomic E-state index is 0.156. The Labute approximate surface area is 123 Å². The van der Waals surface area contributed by atoms with Crippen LogP contribution in [0.2, 0.25) is 0 Å². The Balaban J connectivity index is 2.38. The Kier molecular flexibility index (Phi) is 4.47. The number of esters is 1. The van der Waals surface area contributed by atoms with E-state index in [0.717, 1.165) is 11.3 Å². The quantitative estimate of drug-likeness (QED) is 0.871. The van der Waals surface area contributed by atoms with E-state index >= 15 is 0 Å². The van der Waals surface area contributed by atoms with Gasteiger partial charge in [0.1, 0.15) is 5.82 Å². The maximum atomic E-state index is 11.9. The Bertz CT molecular complexity index is 650. The topological polar surface area (TPSA) is 77.0 Å². The lowest BCUT2D eigenvalue weighted by molar-refractivity contribution is 0.0519. The number of aryl methyl sites for hydroxylation is 3. The third kappa shape index (κ3) is 3.75. The van der Waals surface area contributed by atoms with Gasteiger partial charge >= 0.3 is 5.97 Å². The molecule has 6 heteroatoms. The molecule has 0 bridgehead atoms. The van der Waals surface area contributed by atoms with Gasteiger partial charge in [0, 0.05) is 5.69 Å². The largest absolute Gasteiger partial charge is 0.461 e. The molecule has 0 aromatic carbocycles. The van der Waals surface area contributed by atoms with E-state index < -0.39 is 5.97 Å². The zero-order valence-corrected chi connectivity index (χ0v) is 12.6. The molecule has 1 N–H and O–H groups in total. The van der Waals surface area contributed by atoms with Crippen molar-refractivity contribution in [3.05, 3.63) is 40.8 Å². The van der Waals surface area contributed by atoms with Crippen LogP contribution < -0.4 is 5.32 Å². The maximum Gasteiger partial charge on any atom is 0.361 e. The predicted molar refractivity (Wildman–Crippen MR) is 79.7 cm³/mol. The lowest BCUT2D eigenvalue weighted by Gasteiger charge is -2.11. The molecule has 2 rings (SSSR count). The summed E-state index contributed by atoms with van der Waals surface area (Å²) in [5, 5.41) is 11.0. The van der Waals surface area contributed by atoms with Crippen molar-refractivity contribution < 1.29 is 9.53 Å². The lowest BCUT2D eigenvalue weighted by atomic mass is 10.2. The van der Waals surface area contributed by atoms with E-state index in [1.54, 1.807) is 13.0 Å². The number of rotatable bonds is 4. The van der Waals surface area contributed by atoms with Crippen LogP contribution in [0.15, 0.2) is 18.2 Å². The van der Waals surface area contributed by atoms with Gasteiger partial charge < -0.3 is 10.1 Å². The van der Waals surface area contributed by atoms with E-state index in [9.17, 15) is 4.79 Å². The molecule has 0 saturated heterocycles. The Hall–Kier alpha value is -2.50. The normalized spacial score (nSPS) is 10.3. The van der Waals surface area contributed by atoms with Gasteiger partial charge in [-0.25, -0.2) is 9.78 Å². The highest BCUT2D eigenvalue weighted by molar-refractivity contribution is 5.94. The number of nitrogens with one attached hydrogen (secondary N) is 1. The molecule has 0 radical (unpaired) electrons. The van der Waals surface area contributed by atoms with Gasteiger partial charge in [0.05, 0.1) is 18.0 Å². The fourth-order valence-corrected chi connectivity index (χ4v) is 1.98. The van der Waals surface area contributed by atoms with Crippen molar-refractivity contribution in [3.63, 3.8) is 0 Å². The molecule has 0 spiro atoms. The molecule has 2 heterocycles. The first-order valence-electron chi connectivity index (χ1n) is 6.73. The summed E-state index contributed by atoms with van der Waals surface area (Å²) in [6.45, 7) is 7.75. The van der Waals surface area contributed by atoms with Crippen LogP contribution in [0.1, 0.15) is 34.4 Å². The minimum atomic E-state index is -0.503. The van der Waals surface area contributed by atoms with Crippen molar-refractivity contribution in [2.24, 2.45) is 0 Å². The molecule has 0 aliphatic carbocycles. The van der Waals surface area contributed by atoms with Crippen molar-refractivity contribution in [1.82, 2.24) is 15.2 Å². The van der Waals surface area contributed by atoms with E-state index in [1.807, 2.05) is 32.9 Å². The number of anilines is 2. The SMILES string of the molecule is CCOC(=O)c1nnc(C)cc1Nc1cc(C)cc(C)n1. The highest BCUT2D eigenvalue weighted by atomic mass is 16.5. The molecule has 0 atom stereocenters. The third-order valence-corrected chi connectivity index (χ3v) is 2.75. The molecule has 21 heavy (non-hydrogen) atoms. The molecule has 6 nitrogen and oxygen atoms in total. The first-order chi connectivity index (χ1) is 9.99. The van der Waals surface area contributed by atoms with Gasteiger partial charge in [0.2, 0.25) is 0 Å². The first kappa shape index (κ1) is 14.9. The molecular formula is C15H18N4O2. The molecule has 110 valence electrons. The fraction of sp³-hybridized carbons (Fsp3) is 0.333. The van der Waals surface area contributed by atoms with Gasteiger partial charge in [-0.3, -0.25) is 0 Å². The van der Waals surface area contributed by atoms with Crippen LogP contribution in [0, 0.1) is 20.8 Å². The first-order valence-corrected chi connectivity index (χ1v) is 6.73. The number of hydrogen-bond acceptors (Lipinski definition) is 6. The number of ether oxygens (including phenoxy) is 1. The molecule has 0 aliphatic heterocycles.